The average molecular weight is 346 g/mol. The van der Waals surface area contributed by atoms with Crippen molar-refractivity contribution in [2.24, 2.45) is 0 Å². The third-order valence-corrected chi connectivity index (χ3v) is 4.08. The number of carbonyl (C=O) groups is 1. The van der Waals surface area contributed by atoms with Crippen LogP contribution in [0.4, 0.5) is 5.69 Å². The molecule has 3 aromatic carbocycles. The van der Waals surface area contributed by atoms with Crippen LogP contribution in [0.1, 0.15) is 15.9 Å². The van der Waals surface area contributed by atoms with Crippen molar-refractivity contribution in [1.29, 1.82) is 0 Å². The standard InChI is InChI=1S/C21H18N2OS/c1-15-9-5-6-12-17(15)20(24)23-21(25)22-19-14-8-7-13-18(19)16-10-3-2-4-11-16/h2-14H,1H3,(H2,22,23,24,25). The van der Waals surface area contributed by atoms with Gasteiger partial charge >= 0.3 is 0 Å². The first-order valence-corrected chi connectivity index (χ1v) is 8.38. The third kappa shape index (κ3) is 4.11. The Bertz CT molecular complexity index is 907. The van der Waals surface area contributed by atoms with Gasteiger partial charge in [-0.05, 0) is 42.4 Å². The van der Waals surface area contributed by atoms with Crippen LogP contribution >= 0.6 is 12.2 Å². The molecule has 0 aromatic heterocycles. The first-order valence-electron chi connectivity index (χ1n) is 7.97. The molecule has 0 aliphatic carbocycles. The molecule has 0 spiro atoms. The van der Waals surface area contributed by atoms with Crippen LogP contribution < -0.4 is 10.6 Å². The zero-order chi connectivity index (χ0) is 17.6. The van der Waals surface area contributed by atoms with E-state index in [0.29, 0.717) is 5.56 Å². The van der Waals surface area contributed by atoms with E-state index in [1.165, 1.54) is 0 Å². The Morgan fingerprint density at radius 3 is 2.24 bits per heavy atom. The van der Waals surface area contributed by atoms with E-state index in [1.54, 1.807) is 6.07 Å². The van der Waals surface area contributed by atoms with Crippen LogP contribution in [0.2, 0.25) is 0 Å². The number of benzene rings is 3. The summed E-state index contributed by atoms with van der Waals surface area (Å²) in [6.07, 6.45) is 0. The Kier molecular flexibility index (Phi) is 5.21. The van der Waals surface area contributed by atoms with Gasteiger partial charge in [-0.15, -0.1) is 0 Å². The summed E-state index contributed by atoms with van der Waals surface area (Å²) in [5.41, 5.74) is 4.48. The van der Waals surface area contributed by atoms with Crippen molar-refractivity contribution < 1.29 is 4.79 Å². The minimum atomic E-state index is -0.215. The van der Waals surface area contributed by atoms with Gasteiger partial charge in [-0.1, -0.05) is 66.7 Å². The second kappa shape index (κ2) is 7.73. The summed E-state index contributed by atoms with van der Waals surface area (Å²) in [7, 11) is 0. The molecule has 25 heavy (non-hydrogen) atoms. The fraction of sp³-hybridized carbons (Fsp3) is 0.0476. The molecule has 0 fully saturated rings. The molecule has 0 radical (unpaired) electrons. The molecule has 0 aliphatic heterocycles. The van der Waals surface area contributed by atoms with Gasteiger partial charge in [0, 0.05) is 16.8 Å². The average Bonchev–Trinajstić information content (AvgIpc) is 2.63. The summed E-state index contributed by atoms with van der Waals surface area (Å²) in [5.74, 6) is -0.215. The lowest BCUT2D eigenvalue weighted by atomic mass is 10.0. The minimum absolute atomic E-state index is 0.215. The van der Waals surface area contributed by atoms with Crippen molar-refractivity contribution >= 4 is 28.9 Å². The molecule has 0 heterocycles. The molecule has 0 bridgehead atoms. The van der Waals surface area contributed by atoms with Crippen LogP contribution in [0.15, 0.2) is 78.9 Å². The lowest BCUT2D eigenvalue weighted by molar-refractivity contribution is 0.0977. The summed E-state index contributed by atoms with van der Waals surface area (Å²) >= 11 is 5.32. The number of aryl methyl sites for hydroxylation is 1. The maximum Gasteiger partial charge on any atom is 0.257 e. The highest BCUT2D eigenvalue weighted by molar-refractivity contribution is 7.80. The number of para-hydroxylation sites is 1. The van der Waals surface area contributed by atoms with E-state index >= 15 is 0 Å². The fourth-order valence-corrected chi connectivity index (χ4v) is 2.82. The Labute approximate surface area is 152 Å². The van der Waals surface area contributed by atoms with Crippen molar-refractivity contribution in [2.45, 2.75) is 6.92 Å². The number of hydrogen-bond acceptors (Lipinski definition) is 2. The molecule has 3 rings (SSSR count). The molecule has 0 saturated carbocycles. The third-order valence-electron chi connectivity index (χ3n) is 3.88. The van der Waals surface area contributed by atoms with Gasteiger partial charge in [-0.2, -0.15) is 0 Å². The lowest BCUT2D eigenvalue weighted by Crippen LogP contribution is -2.34. The molecule has 0 atom stereocenters. The minimum Gasteiger partial charge on any atom is -0.332 e. The number of carbonyl (C=O) groups excluding carboxylic acids is 1. The number of rotatable bonds is 3. The first kappa shape index (κ1) is 16.9. The van der Waals surface area contributed by atoms with Crippen LogP contribution in [0.5, 0.6) is 0 Å². The predicted octanol–water partition coefficient (Wildman–Crippen LogP) is 4.79. The van der Waals surface area contributed by atoms with Gasteiger partial charge in [-0.25, -0.2) is 0 Å². The first-order chi connectivity index (χ1) is 12.1. The zero-order valence-electron chi connectivity index (χ0n) is 13.8. The van der Waals surface area contributed by atoms with E-state index in [9.17, 15) is 4.79 Å². The van der Waals surface area contributed by atoms with Crippen molar-refractivity contribution in [3.8, 4) is 11.1 Å². The molecule has 2 N–H and O–H groups in total. The lowest BCUT2D eigenvalue weighted by Gasteiger charge is -2.14. The predicted molar refractivity (Wildman–Crippen MR) is 107 cm³/mol. The van der Waals surface area contributed by atoms with Crippen molar-refractivity contribution in [2.75, 3.05) is 5.32 Å². The summed E-state index contributed by atoms with van der Waals surface area (Å²) in [4.78, 5) is 12.4. The highest BCUT2D eigenvalue weighted by atomic mass is 32.1. The van der Waals surface area contributed by atoms with Crippen molar-refractivity contribution in [3.63, 3.8) is 0 Å². The van der Waals surface area contributed by atoms with Gasteiger partial charge in [0.2, 0.25) is 0 Å². The Balaban J connectivity index is 1.76. The van der Waals surface area contributed by atoms with Crippen molar-refractivity contribution in [1.82, 2.24) is 5.32 Å². The van der Waals surface area contributed by atoms with Crippen LogP contribution in [0.3, 0.4) is 0 Å². The summed E-state index contributed by atoms with van der Waals surface area (Å²) in [6.45, 7) is 1.90. The summed E-state index contributed by atoms with van der Waals surface area (Å²) in [6, 6.07) is 25.3. The van der Waals surface area contributed by atoms with Crippen LogP contribution in [-0.2, 0) is 0 Å². The zero-order valence-corrected chi connectivity index (χ0v) is 14.6. The number of anilines is 1. The maximum atomic E-state index is 12.4. The molecule has 124 valence electrons. The molecular formula is C21H18N2OS. The monoisotopic (exact) mass is 346 g/mol. The van der Waals surface area contributed by atoms with E-state index in [1.807, 2.05) is 79.7 Å². The van der Waals surface area contributed by atoms with Gasteiger partial charge in [0.05, 0.1) is 0 Å². The molecule has 0 saturated heterocycles. The van der Waals surface area contributed by atoms with E-state index in [2.05, 4.69) is 10.6 Å². The molecule has 4 heteroatoms. The summed E-state index contributed by atoms with van der Waals surface area (Å²) in [5, 5.41) is 6.15. The fourth-order valence-electron chi connectivity index (χ4n) is 2.61. The number of thiocarbonyl (C=S) groups is 1. The van der Waals surface area contributed by atoms with Crippen molar-refractivity contribution in [3.05, 3.63) is 90.0 Å². The van der Waals surface area contributed by atoms with Gasteiger partial charge in [0.15, 0.2) is 5.11 Å². The van der Waals surface area contributed by atoms with E-state index in [4.69, 9.17) is 12.2 Å². The summed E-state index contributed by atoms with van der Waals surface area (Å²) < 4.78 is 0. The van der Waals surface area contributed by atoms with Gasteiger partial charge < -0.3 is 5.32 Å². The van der Waals surface area contributed by atoms with Crippen LogP contribution in [-0.4, -0.2) is 11.0 Å². The molecule has 0 aliphatic rings. The van der Waals surface area contributed by atoms with Gasteiger partial charge in [0.25, 0.3) is 5.91 Å². The molecule has 0 unspecified atom stereocenters. The molecular weight excluding hydrogens is 328 g/mol. The smallest absolute Gasteiger partial charge is 0.257 e. The highest BCUT2D eigenvalue weighted by Gasteiger charge is 2.11. The second-order valence-electron chi connectivity index (χ2n) is 5.63. The Morgan fingerprint density at radius 1 is 0.840 bits per heavy atom. The highest BCUT2D eigenvalue weighted by Crippen LogP contribution is 2.27. The molecule has 3 nitrogen and oxygen atoms in total. The maximum absolute atomic E-state index is 12.4. The SMILES string of the molecule is Cc1ccccc1C(=O)NC(=S)Nc1ccccc1-c1ccccc1. The van der Waals surface area contributed by atoms with E-state index in [0.717, 1.165) is 22.4 Å². The van der Waals surface area contributed by atoms with Gasteiger partial charge in [0.1, 0.15) is 0 Å². The van der Waals surface area contributed by atoms with E-state index < -0.39 is 0 Å². The van der Waals surface area contributed by atoms with Crippen LogP contribution in [0.25, 0.3) is 11.1 Å². The second-order valence-corrected chi connectivity index (χ2v) is 6.04. The Hall–Kier alpha value is -2.98. The Morgan fingerprint density at radius 2 is 1.48 bits per heavy atom. The molecule has 1 amide bonds. The largest absolute Gasteiger partial charge is 0.332 e. The van der Waals surface area contributed by atoms with Gasteiger partial charge in [-0.3, -0.25) is 10.1 Å². The van der Waals surface area contributed by atoms with E-state index in [-0.39, 0.29) is 11.0 Å². The van der Waals surface area contributed by atoms with Crippen LogP contribution in [0, 0.1) is 6.92 Å². The number of hydrogen-bond donors (Lipinski definition) is 2. The quantitative estimate of drug-likeness (QED) is 0.670. The molecule has 3 aromatic rings. The number of nitrogens with one attached hydrogen (secondary N) is 2. The normalized spacial score (nSPS) is 10.1. The number of amides is 1. The topological polar surface area (TPSA) is 41.1 Å².